The number of hydrogen-bond donors (Lipinski definition) is 3. The first-order valence-electron chi connectivity index (χ1n) is 36.5. The highest BCUT2D eigenvalue weighted by molar-refractivity contribution is 5.93. The highest BCUT2D eigenvalue weighted by Crippen LogP contribution is 2.83. The summed E-state index contributed by atoms with van der Waals surface area (Å²) in [5, 5.41) is 46.1. The first-order valence-corrected chi connectivity index (χ1v) is 36.5. The molecule has 8 fully saturated rings. The molecule has 0 amide bonds. The van der Waals surface area contributed by atoms with Gasteiger partial charge in [0, 0.05) is 29.2 Å². The zero-order valence-electron chi connectivity index (χ0n) is 54.0. The molecule has 16 rings (SSSR count). The lowest BCUT2D eigenvalue weighted by Gasteiger charge is -2.71. The van der Waals surface area contributed by atoms with Gasteiger partial charge in [0.15, 0.2) is 0 Å². The number of carbonyl (C=O) groups excluding carboxylic acids is 2. The molecule has 3 N–H and O–H groups in total. The van der Waals surface area contributed by atoms with Crippen molar-refractivity contribution in [1.29, 1.82) is 0 Å². The molecule has 0 radical (unpaired) electrons. The van der Waals surface area contributed by atoms with Gasteiger partial charge in [-0.25, -0.2) is 4.79 Å². The third kappa shape index (κ3) is 8.99. The van der Waals surface area contributed by atoms with Crippen LogP contribution in [0.2, 0.25) is 0 Å². The predicted molar refractivity (Wildman–Crippen MR) is 350 cm³/mol. The smallest absolute Gasteiger partial charge is 0.331 e. The number of esters is 2. The summed E-state index contributed by atoms with van der Waals surface area (Å²) in [4.78, 5) is 28.3. The van der Waals surface area contributed by atoms with Crippen LogP contribution in [-0.4, -0.2) is 57.8 Å². The number of fused-ring (bicyclic) bond motifs is 5. The molecular weight excluding hydrogens is 1100 g/mol. The van der Waals surface area contributed by atoms with Crippen LogP contribution in [0.3, 0.4) is 0 Å². The van der Waals surface area contributed by atoms with Gasteiger partial charge >= 0.3 is 11.9 Å². The van der Waals surface area contributed by atoms with E-state index in [4.69, 9.17) is 9.47 Å². The zero-order chi connectivity index (χ0) is 60.7. The van der Waals surface area contributed by atoms with Gasteiger partial charge in [0.25, 0.3) is 0 Å². The lowest BCUT2D eigenvalue weighted by molar-refractivity contribution is -0.331. The molecule has 8 saturated carbocycles. The Morgan fingerprint density at radius 2 is 1.52 bits per heavy atom. The van der Waals surface area contributed by atoms with Crippen molar-refractivity contribution < 1.29 is 34.4 Å². The first-order chi connectivity index (χ1) is 43.1. The fraction of sp³-hybridized carbons (Fsp3) is 0.659. The Morgan fingerprint density at radius 1 is 0.730 bits per heavy atom. The number of rotatable bonds is 11. The van der Waals surface area contributed by atoms with Crippen LogP contribution in [0.15, 0.2) is 103 Å². The van der Waals surface area contributed by atoms with Crippen molar-refractivity contribution in [2.24, 2.45) is 74.4 Å². The fourth-order valence-corrected chi connectivity index (χ4v) is 25.8. The zero-order valence-corrected chi connectivity index (χ0v) is 54.0. The van der Waals surface area contributed by atoms with Gasteiger partial charge in [0.05, 0.1) is 29.1 Å². The van der Waals surface area contributed by atoms with Gasteiger partial charge in [0.1, 0.15) is 12.7 Å². The van der Waals surface area contributed by atoms with Gasteiger partial charge < -0.3 is 24.8 Å². The molecule has 2 aliphatic heterocycles. The number of hydrogen-bond acceptors (Lipinski definition) is 7. The quantitative estimate of drug-likeness (QED) is 0.101. The Hall–Kier alpha value is -4.74. The second-order valence-corrected chi connectivity index (χ2v) is 33.3. The fourth-order valence-electron chi connectivity index (χ4n) is 25.8. The van der Waals surface area contributed by atoms with Crippen LogP contribution in [0.5, 0.6) is 0 Å². The van der Waals surface area contributed by atoms with Crippen LogP contribution in [0.1, 0.15) is 246 Å². The summed E-state index contributed by atoms with van der Waals surface area (Å²) in [6.07, 6.45) is 28.5. The van der Waals surface area contributed by atoms with Crippen LogP contribution < -0.4 is 0 Å². The third-order valence-corrected chi connectivity index (χ3v) is 29.4. The summed E-state index contributed by atoms with van der Waals surface area (Å²) in [5.74, 6) is 7.07. The van der Waals surface area contributed by atoms with E-state index >= 15 is 4.79 Å². The lowest BCUT2D eigenvalue weighted by Crippen LogP contribution is -2.77. The van der Waals surface area contributed by atoms with Gasteiger partial charge in [0.2, 0.25) is 0 Å². The van der Waals surface area contributed by atoms with E-state index in [0.717, 1.165) is 69.8 Å². The summed E-state index contributed by atoms with van der Waals surface area (Å²) in [6.45, 7) is 7.09. The van der Waals surface area contributed by atoms with Crippen molar-refractivity contribution in [2.75, 3.05) is 6.61 Å². The summed E-state index contributed by atoms with van der Waals surface area (Å²) in [7, 11) is 0. The normalized spacial score (nSPS) is 42.6. The molecule has 2 bridgehead atoms. The number of cyclic esters (lactones) is 1. The molecule has 12 aliphatic rings. The van der Waals surface area contributed by atoms with Gasteiger partial charge in [-0.1, -0.05) is 169 Å². The molecule has 89 heavy (non-hydrogen) atoms. The number of aryl methyl sites for hydroxylation is 1. The van der Waals surface area contributed by atoms with Gasteiger partial charge in [-0.3, -0.25) is 4.79 Å². The maximum absolute atomic E-state index is 15.5. The number of aliphatic hydroxyl groups excluding tert-OH is 2. The summed E-state index contributed by atoms with van der Waals surface area (Å²) in [6, 6.07) is 35.3. The summed E-state index contributed by atoms with van der Waals surface area (Å²) < 4.78 is 12.9. The molecule has 10 aliphatic carbocycles. The van der Waals surface area contributed by atoms with E-state index in [1.165, 1.54) is 94.4 Å². The minimum atomic E-state index is -1.62. The second kappa shape index (κ2) is 22.2. The monoisotopic (exact) mass is 1200 g/mol. The van der Waals surface area contributed by atoms with E-state index in [1.807, 2.05) is 0 Å². The Morgan fingerprint density at radius 3 is 2.33 bits per heavy atom. The van der Waals surface area contributed by atoms with Gasteiger partial charge in [-0.2, -0.15) is 0 Å². The van der Waals surface area contributed by atoms with Crippen molar-refractivity contribution >= 4 is 22.7 Å². The highest BCUT2D eigenvalue weighted by atomic mass is 16.5. The Balaban J connectivity index is 0.850. The van der Waals surface area contributed by atoms with E-state index in [1.54, 1.807) is 33.7 Å². The number of benzene rings is 4. The van der Waals surface area contributed by atoms with Crippen LogP contribution in [0.25, 0.3) is 10.8 Å². The molecule has 472 valence electrons. The standard InChI is InChI=1S/C82H102O7/c1-52(18-16-21-54-19-6-4-7-20-54)44-58-30-29-56-22-10-11-26-61(56)75(86)89-67-45-53(2)81(87,41-33-55-46-69(84)88-49-55)82(74(58)85)68(83)35-39-76(3,73(67)82)60-34-40-80-51-78(43-42-77(50-78)36-14-15-37-77)66-48-79(59-24-8-5-9-25-59)38-13-12-28-64(79)63-32-31-57-23-17-27-62(65(80)47-60)70(57)71(63)72(66)80/h4-9,17,19-20,23-25,27,31-32,46,52-53,56,58,60-61,64-68,72-74,83,85,87H,10-16,18,21-22,26,28,33-45,47-51H2,1-3H3/t52-,53-,56-,58+,60+,61-,64+,65+,66-,67-,68+,72+,73+,74+,76+,78+,79-,80-,81-,82+/m1/s1. The second-order valence-electron chi connectivity index (χ2n) is 33.3. The van der Waals surface area contributed by atoms with Crippen LogP contribution in [0.4, 0.5) is 0 Å². The summed E-state index contributed by atoms with van der Waals surface area (Å²) in [5.41, 5.74) is 5.95. The summed E-state index contributed by atoms with van der Waals surface area (Å²) >= 11 is 0. The molecule has 4 aromatic carbocycles. The molecule has 2 heterocycles. The average Bonchev–Trinajstić information content (AvgIpc) is 1.63. The molecule has 4 aromatic rings. The Kier molecular flexibility index (Phi) is 14.8. The minimum Gasteiger partial charge on any atom is -0.462 e. The van der Waals surface area contributed by atoms with Crippen LogP contribution >= 0.6 is 0 Å². The molecule has 20 atom stereocenters. The Labute approximate surface area is 531 Å². The number of ether oxygens (including phenoxy) is 2. The third-order valence-electron chi connectivity index (χ3n) is 29.4. The molecular formula is C82H102O7. The van der Waals surface area contributed by atoms with Gasteiger partial charge in [-0.05, 0) is 249 Å². The average molecular weight is 1200 g/mol. The van der Waals surface area contributed by atoms with E-state index in [-0.39, 0.29) is 64.9 Å². The van der Waals surface area contributed by atoms with E-state index < -0.39 is 52.5 Å². The van der Waals surface area contributed by atoms with Crippen molar-refractivity contribution in [3.8, 4) is 11.8 Å². The minimum absolute atomic E-state index is 0.0729. The van der Waals surface area contributed by atoms with Gasteiger partial charge in [-0.15, -0.1) is 0 Å². The predicted octanol–water partition coefficient (Wildman–Crippen LogP) is 17.1. The molecule has 3 spiro atoms. The maximum Gasteiger partial charge on any atom is 0.331 e. The van der Waals surface area contributed by atoms with E-state index in [9.17, 15) is 20.1 Å². The highest BCUT2D eigenvalue weighted by Gasteiger charge is 2.77. The molecule has 7 heteroatoms. The molecule has 0 aromatic heterocycles. The topological polar surface area (TPSA) is 113 Å². The van der Waals surface area contributed by atoms with E-state index in [2.05, 4.69) is 124 Å². The maximum atomic E-state index is 15.5. The largest absolute Gasteiger partial charge is 0.462 e. The van der Waals surface area contributed by atoms with Crippen molar-refractivity contribution in [3.63, 3.8) is 0 Å². The van der Waals surface area contributed by atoms with Crippen molar-refractivity contribution in [1.82, 2.24) is 0 Å². The van der Waals surface area contributed by atoms with Crippen molar-refractivity contribution in [3.05, 3.63) is 130 Å². The van der Waals surface area contributed by atoms with Crippen molar-refractivity contribution in [2.45, 2.75) is 254 Å². The Bertz CT molecular complexity index is 3460. The molecule has 0 saturated heterocycles. The number of aliphatic hydroxyl groups is 3. The molecule has 0 unspecified atom stereocenters. The SMILES string of the molecule is C[C@H](CCCc1ccccc1)C[C@@H]1C#C[C@H]2CCCC[C@H]2C(=O)O[C@@H]2C[C@@H](C)[C@](O)(CCC3=CC(=O)OC3)[C@]3([C@@H](O)CC[C@@](C)([C@H]4CC[C@]56C[C@@]7(CCC8(CCCC8)C7)[C@@H]7C[C@@]8(c9ccccc9)CCCC[C@H]8c8ccc9cccc(c9c8[C@H]75)[C@@H]6C4)[C@H]23)[C@H]1O. The lowest BCUT2D eigenvalue weighted by atomic mass is 9.36. The molecule has 7 nitrogen and oxygen atoms in total. The van der Waals surface area contributed by atoms with Crippen LogP contribution in [0, 0.1) is 86.3 Å². The van der Waals surface area contributed by atoms with Crippen LogP contribution in [-0.2, 0) is 30.9 Å². The first kappa shape index (κ1) is 59.3. The van der Waals surface area contributed by atoms with E-state index in [0.29, 0.717) is 61.2 Å². The number of carbonyl (C=O) groups is 2.